The highest BCUT2D eigenvalue weighted by Gasteiger charge is 2.28. The number of halogens is 2. The van der Waals surface area contributed by atoms with Crippen molar-refractivity contribution < 1.29 is 27.8 Å². The van der Waals surface area contributed by atoms with Crippen LogP contribution in [0.4, 0.5) is 31.9 Å². The number of rotatable bonds is 10. The van der Waals surface area contributed by atoms with Crippen LogP contribution >= 0.6 is 0 Å². The van der Waals surface area contributed by atoms with Crippen molar-refractivity contribution in [3.63, 3.8) is 0 Å². The topological polar surface area (TPSA) is 132 Å². The molecule has 0 aliphatic carbocycles. The summed E-state index contributed by atoms with van der Waals surface area (Å²) in [6.45, 7) is 13.1. The van der Waals surface area contributed by atoms with E-state index in [0.717, 1.165) is 6.07 Å². The largest absolute Gasteiger partial charge is 0.460 e. The van der Waals surface area contributed by atoms with Gasteiger partial charge in [-0.2, -0.15) is 0 Å². The first-order valence-electron chi connectivity index (χ1n) is 13.0. The maximum atomic E-state index is 15.1. The molecular weight excluding hydrogens is 510 g/mol. The van der Waals surface area contributed by atoms with Gasteiger partial charge in [0.15, 0.2) is 23.3 Å². The summed E-state index contributed by atoms with van der Waals surface area (Å²) in [5, 5.41) is 5.92. The van der Waals surface area contributed by atoms with Gasteiger partial charge in [0.25, 0.3) is 5.91 Å². The Kier molecular flexibility index (Phi) is 9.65. The van der Waals surface area contributed by atoms with E-state index < -0.39 is 23.1 Å². The number of anilines is 4. The molecule has 1 aliphatic heterocycles. The molecule has 0 spiro atoms. The second-order valence-corrected chi connectivity index (χ2v) is 11.0. The van der Waals surface area contributed by atoms with E-state index in [2.05, 4.69) is 20.6 Å². The number of carbonyl (C=O) groups excluding carboxylic acids is 2. The minimum atomic E-state index is -0.910. The predicted molar refractivity (Wildman–Crippen MR) is 145 cm³/mol. The molecule has 3 heterocycles. The van der Waals surface area contributed by atoms with Gasteiger partial charge in [-0.15, -0.1) is 0 Å². The number of hydrogen-bond donors (Lipinski definition) is 3. The fourth-order valence-electron chi connectivity index (χ4n) is 4.41. The average Bonchev–Trinajstić information content (AvgIpc) is 2.82. The molecule has 3 rings (SSSR count). The number of nitrogens with one attached hydrogen (secondary N) is 2. The van der Waals surface area contributed by atoms with E-state index in [1.54, 1.807) is 25.7 Å². The van der Waals surface area contributed by atoms with Crippen molar-refractivity contribution in [3.05, 3.63) is 35.5 Å². The summed E-state index contributed by atoms with van der Waals surface area (Å²) in [5.41, 5.74) is 4.85. The molecule has 1 aliphatic rings. The SMILES string of the molecule is CC(C)[C@@H](Nc1nc(Nc2cnc(N3CCOCC3)c(F)c2)c(C(N)=O)cc1F)[C@H](C)CC(=O)OC(C)(C)C. The van der Waals surface area contributed by atoms with Crippen LogP contribution in [0.5, 0.6) is 0 Å². The van der Waals surface area contributed by atoms with Crippen LogP contribution in [0.3, 0.4) is 0 Å². The van der Waals surface area contributed by atoms with Crippen molar-refractivity contribution in [1.82, 2.24) is 9.97 Å². The third kappa shape index (κ3) is 8.22. The standard InChI is InChI=1S/C27H38F2N6O4/c1-15(2)22(16(3)11-21(36)39-27(4,5)6)33-25-19(28)13-18(23(30)37)24(34-25)32-17-12-20(29)26(31-14-17)35-7-9-38-10-8-35/h12-16,22H,7-11H2,1-6H3,(H2,30,37)(H2,32,33,34)/t16-,22-/m1/s1. The molecule has 0 bridgehead atoms. The molecule has 4 N–H and O–H groups in total. The van der Waals surface area contributed by atoms with Crippen LogP contribution in [0, 0.1) is 23.5 Å². The fourth-order valence-corrected chi connectivity index (χ4v) is 4.41. The maximum Gasteiger partial charge on any atom is 0.306 e. The Hall–Kier alpha value is -3.54. The number of ether oxygens (including phenoxy) is 2. The van der Waals surface area contributed by atoms with Gasteiger partial charge in [-0.25, -0.2) is 18.7 Å². The average molecular weight is 549 g/mol. The Morgan fingerprint density at radius 2 is 1.79 bits per heavy atom. The van der Waals surface area contributed by atoms with Gasteiger partial charge in [-0.3, -0.25) is 9.59 Å². The molecule has 1 fully saturated rings. The summed E-state index contributed by atoms with van der Waals surface area (Å²) in [4.78, 5) is 34.7. The minimum absolute atomic E-state index is 0.0121. The number of hydrogen-bond acceptors (Lipinski definition) is 9. The summed E-state index contributed by atoms with van der Waals surface area (Å²) in [6, 6.07) is 1.83. The molecule has 214 valence electrons. The zero-order valence-corrected chi connectivity index (χ0v) is 23.3. The number of morpholine rings is 1. The Bertz CT molecular complexity index is 1180. The Balaban J connectivity index is 1.85. The second kappa shape index (κ2) is 12.5. The molecule has 39 heavy (non-hydrogen) atoms. The molecule has 1 saturated heterocycles. The van der Waals surface area contributed by atoms with Gasteiger partial charge in [0.1, 0.15) is 11.4 Å². The van der Waals surface area contributed by atoms with Gasteiger partial charge < -0.3 is 30.7 Å². The summed E-state index contributed by atoms with van der Waals surface area (Å²) >= 11 is 0. The molecule has 2 atom stereocenters. The molecule has 0 radical (unpaired) electrons. The van der Waals surface area contributed by atoms with Crippen molar-refractivity contribution in [2.24, 2.45) is 17.6 Å². The smallest absolute Gasteiger partial charge is 0.306 e. The van der Waals surface area contributed by atoms with E-state index >= 15 is 4.39 Å². The van der Waals surface area contributed by atoms with Gasteiger partial charge >= 0.3 is 5.97 Å². The molecule has 12 heteroatoms. The van der Waals surface area contributed by atoms with Crippen molar-refractivity contribution in [2.75, 3.05) is 41.8 Å². The van der Waals surface area contributed by atoms with Crippen LogP contribution in [-0.2, 0) is 14.3 Å². The lowest BCUT2D eigenvalue weighted by molar-refractivity contribution is -0.156. The third-order valence-corrected chi connectivity index (χ3v) is 6.18. The lowest BCUT2D eigenvalue weighted by Crippen LogP contribution is -2.37. The predicted octanol–water partition coefficient (Wildman–Crippen LogP) is 4.24. The number of carbonyl (C=O) groups is 2. The van der Waals surface area contributed by atoms with Gasteiger partial charge in [0.05, 0.1) is 37.1 Å². The van der Waals surface area contributed by atoms with Gasteiger partial charge in [0, 0.05) is 25.2 Å². The van der Waals surface area contributed by atoms with Crippen LogP contribution in [-0.4, -0.2) is 59.8 Å². The number of primary amides is 1. The number of pyridine rings is 2. The van der Waals surface area contributed by atoms with E-state index in [1.165, 1.54) is 12.3 Å². The molecule has 0 aromatic carbocycles. The quantitative estimate of drug-likeness (QED) is 0.373. The summed E-state index contributed by atoms with van der Waals surface area (Å²) in [7, 11) is 0. The van der Waals surface area contributed by atoms with Crippen molar-refractivity contribution >= 4 is 35.0 Å². The van der Waals surface area contributed by atoms with E-state index in [0.29, 0.717) is 26.3 Å². The van der Waals surface area contributed by atoms with Crippen LogP contribution in [0.2, 0.25) is 0 Å². The van der Waals surface area contributed by atoms with Gasteiger partial charge in [-0.1, -0.05) is 20.8 Å². The molecule has 1 amide bonds. The van der Waals surface area contributed by atoms with Gasteiger partial charge in [0.2, 0.25) is 0 Å². The zero-order valence-electron chi connectivity index (χ0n) is 23.3. The number of amides is 1. The van der Waals surface area contributed by atoms with Gasteiger partial charge in [-0.05, 0) is 38.7 Å². The Morgan fingerprint density at radius 1 is 1.13 bits per heavy atom. The Morgan fingerprint density at radius 3 is 2.36 bits per heavy atom. The highest BCUT2D eigenvalue weighted by atomic mass is 19.1. The highest BCUT2D eigenvalue weighted by Crippen LogP contribution is 2.29. The summed E-state index contributed by atoms with van der Waals surface area (Å²) < 4.78 is 40.7. The lowest BCUT2D eigenvalue weighted by Gasteiger charge is -2.30. The first-order valence-corrected chi connectivity index (χ1v) is 13.0. The summed E-state index contributed by atoms with van der Waals surface area (Å²) in [6.07, 6.45) is 1.51. The first-order chi connectivity index (χ1) is 18.2. The zero-order chi connectivity index (χ0) is 28.9. The number of nitrogens with two attached hydrogens (primary N) is 1. The molecular formula is C27H38F2N6O4. The second-order valence-electron chi connectivity index (χ2n) is 11.0. The number of nitrogens with zero attached hydrogens (tertiary/aromatic N) is 3. The first kappa shape index (κ1) is 30.0. The molecule has 0 unspecified atom stereocenters. The van der Waals surface area contributed by atoms with Crippen LogP contribution < -0.4 is 21.3 Å². The monoisotopic (exact) mass is 548 g/mol. The normalized spacial score (nSPS) is 15.6. The lowest BCUT2D eigenvalue weighted by atomic mass is 9.89. The van der Waals surface area contributed by atoms with Crippen molar-refractivity contribution in [3.8, 4) is 0 Å². The van der Waals surface area contributed by atoms with Crippen molar-refractivity contribution in [1.29, 1.82) is 0 Å². The number of esters is 1. The molecule has 10 nitrogen and oxygen atoms in total. The minimum Gasteiger partial charge on any atom is -0.460 e. The summed E-state index contributed by atoms with van der Waals surface area (Å²) in [5.74, 6) is -2.90. The molecule has 2 aromatic rings. The fraction of sp³-hybridized carbons (Fsp3) is 0.556. The molecule has 0 saturated carbocycles. The maximum absolute atomic E-state index is 15.1. The van der Waals surface area contributed by atoms with E-state index in [4.69, 9.17) is 15.2 Å². The van der Waals surface area contributed by atoms with Crippen LogP contribution in [0.1, 0.15) is 58.3 Å². The Labute approximate surface area is 227 Å². The van der Waals surface area contributed by atoms with Crippen LogP contribution in [0.25, 0.3) is 0 Å². The van der Waals surface area contributed by atoms with E-state index in [1.807, 2.05) is 20.8 Å². The molecule has 2 aromatic heterocycles. The van der Waals surface area contributed by atoms with Crippen molar-refractivity contribution in [2.45, 2.75) is 59.6 Å². The van der Waals surface area contributed by atoms with E-state index in [9.17, 15) is 14.0 Å². The number of aromatic nitrogens is 2. The third-order valence-electron chi connectivity index (χ3n) is 6.18. The van der Waals surface area contributed by atoms with E-state index in [-0.39, 0.29) is 59.0 Å². The van der Waals surface area contributed by atoms with Crippen LogP contribution in [0.15, 0.2) is 18.3 Å². The highest BCUT2D eigenvalue weighted by molar-refractivity contribution is 5.98.